The molecule has 176 valence electrons. The average molecular weight is 488 g/mol. The first-order valence-electron chi connectivity index (χ1n) is 10.2. The second-order valence-corrected chi connectivity index (χ2v) is 8.68. The summed E-state index contributed by atoms with van der Waals surface area (Å²) in [6, 6.07) is 14.4. The van der Waals surface area contributed by atoms with Crippen molar-refractivity contribution in [1.82, 2.24) is 9.88 Å². The number of benzene rings is 2. The predicted molar refractivity (Wildman–Crippen MR) is 124 cm³/mol. The Morgan fingerprint density at radius 1 is 1.12 bits per heavy atom. The number of amides is 2. The van der Waals surface area contributed by atoms with Gasteiger partial charge in [0.25, 0.3) is 0 Å². The first kappa shape index (κ1) is 23.3. The molecule has 0 radical (unpaired) electrons. The number of halogens is 3. The lowest BCUT2D eigenvalue weighted by molar-refractivity contribution is -0.380. The van der Waals surface area contributed by atoms with Crippen molar-refractivity contribution in [2.75, 3.05) is 11.9 Å². The number of hydrogen-bond donors (Lipinski definition) is 2. The van der Waals surface area contributed by atoms with E-state index >= 15 is 0 Å². The van der Waals surface area contributed by atoms with Crippen molar-refractivity contribution in [3.63, 3.8) is 0 Å². The van der Waals surface area contributed by atoms with Gasteiger partial charge in [0.05, 0.1) is 17.0 Å². The van der Waals surface area contributed by atoms with Gasteiger partial charge in [-0.2, -0.15) is 13.2 Å². The van der Waals surface area contributed by atoms with Crippen LogP contribution in [0.5, 0.6) is 0 Å². The van der Waals surface area contributed by atoms with Gasteiger partial charge in [0.1, 0.15) is 0 Å². The molecular formula is C23H19F3N4O3S. The van der Waals surface area contributed by atoms with Gasteiger partial charge in [0.2, 0.25) is 0 Å². The van der Waals surface area contributed by atoms with Crippen LogP contribution < -0.4 is 5.32 Å². The number of H-pyrrole nitrogens is 1. The number of thiophene rings is 1. The number of carbonyl (C=O) groups excluding carboxylic acids is 1. The lowest BCUT2D eigenvalue weighted by atomic mass is 10.1. The third-order valence-corrected chi connectivity index (χ3v) is 6.25. The van der Waals surface area contributed by atoms with Gasteiger partial charge in [-0.1, -0.05) is 35.6 Å². The van der Waals surface area contributed by atoms with Crippen LogP contribution in [0, 0.1) is 10.1 Å². The van der Waals surface area contributed by atoms with Gasteiger partial charge in [-0.25, -0.2) is 4.79 Å². The number of alkyl halides is 3. The summed E-state index contributed by atoms with van der Waals surface area (Å²) in [6.45, 7) is 0.323. The number of anilines is 1. The number of carbonyl (C=O) groups is 1. The van der Waals surface area contributed by atoms with E-state index in [0.717, 1.165) is 39.9 Å². The molecule has 34 heavy (non-hydrogen) atoms. The van der Waals surface area contributed by atoms with Crippen LogP contribution in [0.3, 0.4) is 0 Å². The van der Waals surface area contributed by atoms with Crippen LogP contribution in [0.25, 0.3) is 10.9 Å². The fraction of sp³-hybridized carbons (Fsp3) is 0.174. The molecule has 0 fully saturated rings. The number of nitrogens with zero attached hydrogens (tertiary/aromatic N) is 2. The molecule has 11 heteroatoms. The van der Waals surface area contributed by atoms with Crippen molar-refractivity contribution in [2.45, 2.75) is 19.1 Å². The molecule has 2 N–H and O–H groups in total. The summed E-state index contributed by atoms with van der Waals surface area (Å²) < 4.78 is 39.1. The van der Waals surface area contributed by atoms with Gasteiger partial charge < -0.3 is 15.2 Å². The molecule has 2 aromatic heterocycles. The minimum Gasteiger partial charge on any atom is -0.361 e. The highest BCUT2D eigenvalue weighted by atomic mass is 32.1. The maximum absolute atomic E-state index is 13.0. The summed E-state index contributed by atoms with van der Waals surface area (Å²) in [5.74, 6) is 0. The molecule has 0 unspecified atom stereocenters. The van der Waals surface area contributed by atoms with Crippen molar-refractivity contribution in [3.8, 4) is 0 Å². The number of fused-ring (bicyclic) bond motifs is 1. The predicted octanol–water partition coefficient (Wildman–Crippen LogP) is 6.43. The van der Waals surface area contributed by atoms with E-state index in [-0.39, 0.29) is 23.8 Å². The molecule has 0 saturated heterocycles. The smallest absolute Gasteiger partial charge is 0.361 e. The molecule has 2 heterocycles. The highest BCUT2D eigenvalue weighted by molar-refractivity contribution is 7.15. The number of hydrogen-bond acceptors (Lipinski definition) is 4. The van der Waals surface area contributed by atoms with Crippen LogP contribution in [0.1, 0.15) is 16.0 Å². The molecular weight excluding hydrogens is 469 g/mol. The Bertz CT molecular complexity index is 1330. The number of aromatic nitrogens is 1. The zero-order chi connectivity index (χ0) is 24.3. The Hall–Kier alpha value is -3.86. The molecule has 0 aliphatic heterocycles. The number of rotatable bonds is 7. The first-order chi connectivity index (χ1) is 16.2. The van der Waals surface area contributed by atoms with Gasteiger partial charge in [-0.3, -0.25) is 10.1 Å². The first-order valence-corrected chi connectivity index (χ1v) is 11.0. The summed E-state index contributed by atoms with van der Waals surface area (Å²) in [4.78, 5) is 28.7. The molecule has 4 aromatic rings. The molecule has 0 bridgehead atoms. The van der Waals surface area contributed by atoms with Gasteiger partial charge in [-0.05, 0) is 42.3 Å². The summed E-state index contributed by atoms with van der Waals surface area (Å²) in [5.41, 5.74) is 1.06. The number of nitro groups is 1. The van der Waals surface area contributed by atoms with E-state index in [2.05, 4.69) is 10.3 Å². The van der Waals surface area contributed by atoms with Crippen molar-refractivity contribution >= 4 is 39.0 Å². The Morgan fingerprint density at radius 2 is 1.91 bits per heavy atom. The molecule has 0 aliphatic carbocycles. The standard InChI is InChI=1S/C23H19F3N4O3S/c24-23(25,26)16-4-3-5-17(12-16)28-22(31)29(14-18-8-9-21(34-18)30(32)33)11-10-15-13-27-20-7-2-1-6-19(15)20/h1-9,12-13,27H,10-11,14H2,(H,28,31). The molecule has 0 spiro atoms. The van der Waals surface area contributed by atoms with Crippen LogP contribution >= 0.6 is 11.3 Å². The van der Waals surface area contributed by atoms with Crippen molar-refractivity contribution in [1.29, 1.82) is 0 Å². The van der Waals surface area contributed by atoms with E-state index in [1.807, 2.05) is 30.5 Å². The fourth-order valence-electron chi connectivity index (χ4n) is 3.56. The molecule has 2 aromatic carbocycles. The van der Waals surface area contributed by atoms with E-state index in [4.69, 9.17) is 0 Å². The number of nitrogens with one attached hydrogen (secondary N) is 2. The van der Waals surface area contributed by atoms with E-state index in [9.17, 15) is 28.1 Å². The number of urea groups is 1. The van der Waals surface area contributed by atoms with E-state index in [0.29, 0.717) is 11.3 Å². The SMILES string of the molecule is O=C(Nc1cccc(C(F)(F)F)c1)N(CCc1c[nH]c2ccccc12)Cc1ccc([N+](=O)[O-])s1. The molecule has 0 aliphatic rings. The van der Waals surface area contributed by atoms with Crippen LogP contribution in [0.4, 0.5) is 28.7 Å². The van der Waals surface area contributed by atoms with Crippen molar-refractivity contribution < 1.29 is 22.9 Å². The lowest BCUT2D eigenvalue weighted by Gasteiger charge is -2.23. The van der Waals surface area contributed by atoms with E-state index in [1.165, 1.54) is 23.1 Å². The zero-order valence-electron chi connectivity index (χ0n) is 17.6. The molecule has 7 nitrogen and oxygen atoms in total. The molecule has 0 atom stereocenters. The van der Waals surface area contributed by atoms with Gasteiger partial charge in [0, 0.05) is 40.3 Å². The van der Waals surface area contributed by atoms with Crippen molar-refractivity contribution in [3.05, 3.63) is 93.0 Å². The maximum atomic E-state index is 13.0. The largest absolute Gasteiger partial charge is 0.416 e. The average Bonchev–Trinajstić information content (AvgIpc) is 3.43. The van der Waals surface area contributed by atoms with Gasteiger partial charge >= 0.3 is 17.2 Å². The summed E-state index contributed by atoms with van der Waals surface area (Å²) >= 11 is 0.949. The van der Waals surface area contributed by atoms with Gasteiger partial charge in [-0.15, -0.1) is 0 Å². The topological polar surface area (TPSA) is 91.3 Å². The quantitative estimate of drug-likeness (QED) is 0.232. The van der Waals surface area contributed by atoms with Crippen LogP contribution in [-0.4, -0.2) is 27.4 Å². The number of para-hydroxylation sites is 1. The highest BCUT2D eigenvalue weighted by Gasteiger charge is 2.30. The summed E-state index contributed by atoms with van der Waals surface area (Å²) in [6.07, 6.45) is -2.21. The van der Waals surface area contributed by atoms with Gasteiger partial charge in [0.15, 0.2) is 0 Å². The Balaban J connectivity index is 1.54. The summed E-state index contributed by atoms with van der Waals surface area (Å²) in [7, 11) is 0. The Morgan fingerprint density at radius 3 is 2.65 bits per heavy atom. The lowest BCUT2D eigenvalue weighted by Crippen LogP contribution is -2.35. The monoisotopic (exact) mass is 488 g/mol. The maximum Gasteiger partial charge on any atom is 0.416 e. The summed E-state index contributed by atoms with van der Waals surface area (Å²) in [5, 5.41) is 14.5. The Kier molecular flexibility index (Phi) is 6.55. The normalized spacial score (nSPS) is 11.5. The van der Waals surface area contributed by atoms with E-state index in [1.54, 1.807) is 6.07 Å². The molecule has 2 amide bonds. The Labute approximate surface area is 196 Å². The minimum atomic E-state index is -4.54. The highest BCUT2D eigenvalue weighted by Crippen LogP contribution is 2.31. The van der Waals surface area contributed by atoms with E-state index < -0.39 is 22.7 Å². The third-order valence-electron chi connectivity index (χ3n) is 5.23. The van der Waals surface area contributed by atoms with Crippen LogP contribution in [-0.2, 0) is 19.1 Å². The van der Waals surface area contributed by atoms with Crippen LogP contribution in [0.2, 0.25) is 0 Å². The second-order valence-electron chi connectivity index (χ2n) is 7.54. The fourth-order valence-corrected chi connectivity index (χ4v) is 4.40. The third kappa shape index (κ3) is 5.37. The second kappa shape index (κ2) is 9.56. The minimum absolute atomic E-state index is 0.00841. The van der Waals surface area contributed by atoms with Crippen molar-refractivity contribution in [2.24, 2.45) is 0 Å². The number of aromatic amines is 1. The molecule has 0 saturated carbocycles. The van der Waals surface area contributed by atoms with Crippen LogP contribution in [0.15, 0.2) is 66.9 Å². The zero-order valence-corrected chi connectivity index (χ0v) is 18.4. The molecule has 4 rings (SSSR count).